The van der Waals surface area contributed by atoms with E-state index in [4.69, 9.17) is 4.42 Å². The van der Waals surface area contributed by atoms with Crippen LogP contribution in [-0.4, -0.2) is 90.1 Å². The highest BCUT2D eigenvalue weighted by Crippen LogP contribution is 2.21. The molecule has 0 aromatic carbocycles. The fourth-order valence-electron chi connectivity index (χ4n) is 4.00. The molecule has 2 aliphatic rings. The van der Waals surface area contributed by atoms with Crippen LogP contribution in [0.3, 0.4) is 0 Å². The molecule has 2 fully saturated rings. The maximum absolute atomic E-state index is 12.7. The minimum absolute atomic E-state index is 0. The summed E-state index contributed by atoms with van der Waals surface area (Å²) in [5, 5.41) is 14.0. The zero-order valence-electron chi connectivity index (χ0n) is 18.3. The van der Waals surface area contributed by atoms with Gasteiger partial charge in [-0.1, -0.05) is 0 Å². The van der Waals surface area contributed by atoms with Crippen LogP contribution in [0.1, 0.15) is 39.4 Å². The van der Waals surface area contributed by atoms with E-state index >= 15 is 0 Å². The van der Waals surface area contributed by atoms with E-state index < -0.39 is 5.60 Å². The van der Waals surface area contributed by atoms with Crippen LogP contribution in [0, 0.1) is 0 Å². The summed E-state index contributed by atoms with van der Waals surface area (Å²) in [4.78, 5) is 23.8. The van der Waals surface area contributed by atoms with Gasteiger partial charge in [-0.05, 0) is 45.7 Å². The molecular formula is C21H36IN5O3. The number of hydrogen-bond donors (Lipinski definition) is 2. The molecule has 3 rings (SSSR count). The summed E-state index contributed by atoms with van der Waals surface area (Å²) >= 11 is 0. The molecule has 1 amide bonds. The normalized spacial score (nSPS) is 21.1. The lowest BCUT2D eigenvalue weighted by Crippen LogP contribution is -2.57. The Balaban J connectivity index is 0.00000320. The van der Waals surface area contributed by atoms with Crippen LogP contribution < -0.4 is 5.32 Å². The van der Waals surface area contributed by atoms with Gasteiger partial charge < -0.3 is 24.6 Å². The average Bonchev–Trinajstić information content (AvgIpc) is 3.44. The molecule has 2 aliphatic heterocycles. The predicted molar refractivity (Wildman–Crippen MR) is 128 cm³/mol. The van der Waals surface area contributed by atoms with Crippen LogP contribution in [0.15, 0.2) is 27.8 Å². The van der Waals surface area contributed by atoms with Gasteiger partial charge in [0, 0.05) is 45.8 Å². The zero-order chi connectivity index (χ0) is 20.9. The Morgan fingerprint density at radius 2 is 1.90 bits per heavy atom. The molecule has 170 valence electrons. The lowest BCUT2D eigenvalue weighted by atomic mass is 10.0. The monoisotopic (exact) mass is 533 g/mol. The third-order valence-corrected chi connectivity index (χ3v) is 5.86. The molecule has 0 aliphatic carbocycles. The molecule has 8 nitrogen and oxygen atoms in total. The fourth-order valence-corrected chi connectivity index (χ4v) is 4.00. The molecule has 2 saturated heterocycles. The third kappa shape index (κ3) is 6.10. The Morgan fingerprint density at radius 3 is 2.47 bits per heavy atom. The van der Waals surface area contributed by atoms with E-state index in [1.54, 1.807) is 25.3 Å². The maximum atomic E-state index is 12.7. The highest BCUT2D eigenvalue weighted by molar-refractivity contribution is 14.0. The number of amides is 1. The van der Waals surface area contributed by atoms with Gasteiger partial charge in [-0.15, -0.1) is 24.0 Å². The van der Waals surface area contributed by atoms with Gasteiger partial charge in [0.2, 0.25) is 5.91 Å². The molecule has 2 N–H and O–H groups in total. The van der Waals surface area contributed by atoms with Crippen molar-refractivity contribution in [3.8, 4) is 0 Å². The van der Waals surface area contributed by atoms with Crippen LogP contribution in [0.2, 0.25) is 0 Å². The van der Waals surface area contributed by atoms with E-state index in [2.05, 4.69) is 20.1 Å². The van der Waals surface area contributed by atoms with Gasteiger partial charge in [-0.25, -0.2) is 4.99 Å². The molecule has 30 heavy (non-hydrogen) atoms. The van der Waals surface area contributed by atoms with Crippen molar-refractivity contribution in [2.45, 2.75) is 45.3 Å². The lowest BCUT2D eigenvalue weighted by Gasteiger charge is -2.39. The van der Waals surface area contributed by atoms with Crippen molar-refractivity contribution in [3.05, 3.63) is 24.2 Å². The second-order valence-electron chi connectivity index (χ2n) is 8.15. The number of nitrogens with one attached hydrogen (secondary N) is 1. The van der Waals surface area contributed by atoms with Gasteiger partial charge in [-0.3, -0.25) is 9.69 Å². The van der Waals surface area contributed by atoms with Gasteiger partial charge in [0.15, 0.2) is 5.96 Å². The molecule has 0 bridgehead atoms. The second-order valence-corrected chi connectivity index (χ2v) is 8.15. The molecule has 0 radical (unpaired) electrons. The molecule has 3 heterocycles. The van der Waals surface area contributed by atoms with Crippen molar-refractivity contribution in [2.75, 3.05) is 52.4 Å². The van der Waals surface area contributed by atoms with Crippen LogP contribution >= 0.6 is 24.0 Å². The lowest BCUT2D eigenvalue weighted by molar-refractivity contribution is -0.135. The zero-order valence-corrected chi connectivity index (χ0v) is 20.7. The summed E-state index contributed by atoms with van der Waals surface area (Å²) in [6.07, 6.45) is 3.80. The number of halogens is 1. The van der Waals surface area contributed by atoms with Crippen LogP contribution in [0.25, 0.3) is 0 Å². The maximum Gasteiger partial charge on any atom is 0.239 e. The van der Waals surface area contributed by atoms with Gasteiger partial charge in [0.05, 0.1) is 18.8 Å². The molecule has 2 atom stereocenters. The first-order valence-electron chi connectivity index (χ1n) is 10.7. The molecule has 0 saturated carbocycles. The quantitative estimate of drug-likeness (QED) is 0.329. The SMILES string of the molecule is CCNC(=NCC(C)(O)c1ccco1)N1CCN(C(C)C(=O)N2CCCC2)CC1.I. The number of carbonyl (C=O) groups excluding carboxylic acids is 1. The minimum atomic E-state index is -1.15. The van der Waals surface area contributed by atoms with E-state index in [1.165, 1.54) is 0 Å². The van der Waals surface area contributed by atoms with E-state index in [0.717, 1.165) is 64.6 Å². The first-order valence-corrected chi connectivity index (χ1v) is 10.7. The van der Waals surface area contributed by atoms with Crippen molar-refractivity contribution in [1.82, 2.24) is 20.0 Å². The number of guanidine groups is 1. The summed E-state index contributed by atoms with van der Waals surface area (Å²) in [5.74, 6) is 1.56. The number of likely N-dealkylation sites (tertiary alicyclic amines) is 1. The Kier molecular flexibility index (Phi) is 9.42. The van der Waals surface area contributed by atoms with Crippen LogP contribution in [0.4, 0.5) is 0 Å². The Bertz CT molecular complexity index is 681. The van der Waals surface area contributed by atoms with Gasteiger partial charge >= 0.3 is 0 Å². The summed E-state index contributed by atoms with van der Waals surface area (Å²) in [7, 11) is 0. The predicted octanol–water partition coefficient (Wildman–Crippen LogP) is 1.70. The largest absolute Gasteiger partial charge is 0.466 e. The van der Waals surface area contributed by atoms with Crippen molar-refractivity contribution in [3.63, 3.8) is 0 Å². The number of furan rings is 1. The number of rotatable bonds is 6. The van der Waals surface area contributed by atoms with Crippen LogP contribution in [0.5, 0.6) is 0 Å². The summed E-state index contributed by atoms with van der Waals surface area (Å²) in [6, 6.07) is 3.46. The Morgan fingerprint density at radius 1 is 1.23 bits per heavy atom. The number of nitrogens with zero attached hydrogens (tertiary/aromatic N) is 4. The van der Waals surface area contributed by atoms with Crippen molar-refractivity contribution < 1.29 is 14.3 Å². The number of aliphatic imine (C=N–C) groups is 1. The summed E-state index contributed by atoms with van der Waals surface area (Å²) < 4.78 is 5.35. The van der Waals surface area contributed by atoms with Crippen molar-refractivity contribution in [2.24, 2.45) is 4.99 Å². The van der Waals surface area contributed by atoms with Crippen LogP contribution in [-0.2, 0) is 10.4 Å². The number of hydrogen-bond acceptors (Lipinski definition) is 5. The molecule has 1 aromatic rings. The van der Waals surface area contributed by atoms with Crippen molar-refractivity contribution >= 4 is 35.8 Å². The topological polar surface area (TPSA) is 84.5 Å². The first kappa shape index (κ1) is 24.9. The highest BCUT2D eigenvalue weighted by Gasteiger charge is 2.31. The smallest absolute Gasteiger partial charge is 0.239 e. The van der Waals surface area contributed by atoms with Gasteiger partial charge in [0.1, 0.15) is 11.4 Å². The third-order valence-electron chi connectivity index (χ3n) is 5.86. The fraction of sp³-hybridized carbons (Fsp3) is 0.714. The average molecular weight is 533 g/mol. The van der Waals surface area contributed by atoms with Crippen molar-refractivity contribution in [1.29, 1.82) is 0 Å². The summed E-state index contributed by atoms with van der Waals surface area (Å²) in [6.45, 7) is 11.8. The van der Waals surface area contributed by atoms with E-state index in [9.17, 15) is 9.90 Å². The molecule has 1 aromatic heterocycles. The molecule has 9 heteroatoms. The van der Waals surface area contributed by atoms with Gasteiger partial charge in [0.25, 0.3) is 0 Å². The first-order chi connectivity index (χ1) is 13.9. The Labute approximate surface area is 196 Å². The number of carbonyl (C=O) groups is 1. The number of aliphatic hydroxyl groups is 1. The standard InChI is InChI=1S/C21H35N5O3.HI/c1-4-22-20(23-16-21(3,28)18-8-7-15-29-18)26-13-11-24(12-14-26)17(2)19(27)25-9-5-6-10-25;/h7-8,15,17,28H,4-6,9-14,16H2,1-3H3,(H,22,23);1H. The summed E-state index contributed by atoms with van der Waals surface area (Å²) in [5.41, 5.74) is -1.15. The van der Waals surface area contributed by atoms with Gasteiger partial charge in [-0.2, -0.15) is 0 Å². The van der Waals surface area contributed by atoms with E-state index in [-0.39, 0.29) is 42.5 Å². The molecular weight excluding hydrogens is 497 g/mol. The highest BCUT2D eigenvalue weighted by atomic mass is 127. The van der Waals surface area contributed by atoms with E-state index in [1.807, 2.05) is 18.7 Å². The minimum Gasteiger partial charge on any atom is -0.466 e. The molecule has 2 unspecified atom stereocenters. The number of piperazine rings is 1. The van der Waals surface area contributed by atoms with E-state index in [0.29, 0.717) is 5.76 Å². The second kappa shape index (κ2) is 11.3. The molecule has 0 spiro atoms. The Hall–Kier alpha value is -1.33.